The molecule has 35 heavy (non-hydrogen) atoms. The Bertz CT molecular complexity index is 1040. The van der Waals surface area contributed by atoms with Gasteiger partial charge < -0.3 is 24.6 Å². The van der Waals surface area contributed by atoms with Gasteiger partial charge in [-0.2, -0.15) is 0 Å². The predicted octanol–water partition coefficient (Wildman–Crippen LogP) is 5.25. The number of ether oxygens (including phenoxy) is 2. The number of nitrogens with zero attached hydrogens (tertiary/aromatic N) is 2. The fourth-order valence-electron chi connectivity index (χ4n) is 3.59. The molecule has 2 aromatic carbocycles. The maximum Gasteiger partial charge on any atom is 0.322 e. The SMILES string of the molecule is CCOCCCN(CC(=O)N(Cc1ccccc1)Cc1cccs1)C(=O)Nc1ccccc1OC. The summed E-state index contributed by atoms with van der Waals surface area (Å²) in [5.74, 6) is 0.443. The average molecular weight is 496 g/mol. The molecule has 0 aliphatic carbocycles. The maximum atomic E-state index is 13.5. The third-order valence-corrected chi connectivity index (χ3v) is 6.24. The van der Waals surface area contributed by atoms with Crippen LogP contribution in [0.4, 0.5) is 10.5 Å². The molecular weight excluding hydrogens is 462 g/mol. The van der Waals surface area contributed by atoms with E-state index in [0.717, 1.165) is 10.4 Å². The molecule has 1 aromatic heterocycles. The van der Waals surface area contributed by atoms with Crippen LogP contribution < -0.4 is 10.1 Å². The number of benzene rings is 2. The minimum absolute atomic E-state index is 0.0364. The topological polar surface area (TPSA) is 71.1 Å². The Morgan fingerprint density at radius 2 is 1.71 bits per heavy atom. The Morgan fingerprint density at radius 1 is 0.943 bits per heavy atom. The molecule has 186 valence electrons. The average Bonchev–Trinajstić information content (AvgIpc) is 3.39. The number of hydrogen-bond donors (Lipinski definition) is 1. The molecule has 0 spiro atoms. The van der Waals surface area contributed by atoms with E-state index in [1.807, 2.05) is 66.9 Å². The number of para-hydroxylation sites is 2. The molecule has 0 saturated heterocycles. The number of rotatable bonds is 13. The van der Waals surface area contributed by atoms with Crippen molar-refractivity contribution in [3.05, 3.63) is 82.6 Å². The summed E-state index contributed by atoms with van der Waals surface area (Å²) < 4.78 is 10.8. The fraction of sp³-hybridized carbons (Fsp3) is 0.333. The van der Waals surface area contributed by atoms with Gasteiger partial charge >= 0.3 is 6.03 Å². The van der Waals surface area contributed by atoms with Crippen LogP contribution in [0.15, 0.2) is 72.1 Å². The molecule has 0 bridgehead atoms. The summed E-state index contributed by atoms with van der Waals surface area (Å²) >= 11 is 1.61. The van der Waals surface area contributed by atoms with Crippen molar-refractivity contribution in [1.82, 2.24) is 9.80 Å². The molecule has 1 heterocycles. The number of nitrogens with one attached hydrogen (secondary N) is 1. The second-order valence-corrected chi connectivity index (χ2v) is 8.95. The fourth-order valence-corrected chi connectivity index (χ4v) is 4.31. The van der Waals surface area contributed by atoms with Crippen LogP contribution in [0.5, 0.6) is 5.75 Å². The van der Waals surface area contributed by atoms with Crippen LogP contribution >= 0.6 is 11.3 Å². The lowest BCUT2D eigenvalue weighted by Gasteiger charge is -2.28. The molecular formula is C27H33N3O4S. The van der Waals surface area contributed by atoms with Gasteiger partial charge in [-0.15, -0.1) is 11.3 Å². The van der Waals surface area contributed by atoms with E-state index < -0.39 is 0 Å². The number of methoxy groups -OCH3 is 1. The highest BCUT2D eigenvalue weighted by molar-refractivity contribution is 7.09. The second-order valence-electron chi connectivity index (χ2n) is 7.92. The first-order valence-corrected chi connectivity index (χ1v) is 12.6. The molecule has 0 radical (unpaired) electrons. The molecule has 3 rings (SSSR count). The molecule has 3 aromatic rings. The molecule has 0 saturated carbocycles. The first kappa shape index (κ1) is 26.2. The number of thiophene rings is 1. The van der Waals surface area contributed by atoms with E-state index >= 15 is 0 Å². The molecule has 7 nitrogen and oxygen atoms in total. The zero-order valence-electron chi connectivity index (χ0n) is 20.3. The van der Waals surface area contributed by atoms with Crippen molar-refractivity contribution in [2.24, 2.45) is 0 Å². The number of carbonyl (C=O) groups excluding carboxylic acids is 2. The predicted molar refractivity (Wildman–Crippen MR) is 140 cm³/mol. The molecule has 3 amide bonds. The minimum atomic E-state index is -0.352. The van der Waals surface area contributed by atoms with Crippen LogP contribution in [0.25, 0.3) is 0 Å². The summed E-state index contributed by atoms with van der Waals surface area (Å²) in [6.45, 7) is 4.38. The van der Waals surface area contributed by atoms with Crippen molar-refractivity contribution in [3.8, 4) is 5.75 Å². The number of hydrogen-bond acceptors (Lipinski definition) is 5. The van der Waals surface area contributed by atoms with Crippen molar-refractivity contribution in [2.45, 2.75) is 26.4 Å². The Balaban J connectivity index is 1.75. The largest absolute Gasteiger partial charge is 0.495 e. The van der Waals surface area contributed by atoms with Gasteiger partial charge in [-0.25, -0.2) is 4.79 Å². The lowest BCUT2D eigenvalue weighted by Crippen LogP contribution is -2.44. The van der Waals surface area contributed by atoms with Crippen LogP contribution in [0.2, 0.25) is 0 Å². The highest BCUT2D eigenvalue weighted by atomic mass is 32.1. The standard InChI is InChI=1S/C27H33N3O4S/c1-3-34-17-10-16-29(27(32)28-24-14-7-8-15-25(24)33-2)21-26(31)30(20-23-13-9-18-35-23)19-22-11-5-4-6-12-22/h4-9,11-15,18H,3,10,16-17,19-21H2,1-2H3,(H,28,32). The van der Waals surface area contributed by atoms with E-state index in [-0.39, 0.29) is 18.5 Å². The monoisotopic (exact) mass is 495 g/mol. The Morgan fingerprint density at radius 3 is 2.43 bits per heavy atom. The van der Waals surface area contributed by atoms with Gasteiger partial charge in [-0.1, -0.05) is 48.5 Å². The van der Waals surface area contributed by atoms with Crippen molar-refractivity contribution >= 4 is 29.0 Å². The number of carbonyl (C=O) groups is 2. The van der Waals surface area contributed by atoms with Crippen LogP contribution in [0.1, 0.15) is 23.8 Å². The van der Waals surface area contributed by atoms with Crippen molar-refractivity contribution in [2.75, 3.05) is 38.7 Å². The first-order chi connectivity index (χ1) is 17.1. The molecule has 0 aliphatic rings. The smallest absolute Gasteiger partial charge is 0.322 e. The van der Waals surface area contributed by atoms with Crippen LogP contribution in [0, 0.1) is 0 Å². The highest BCUT2D eigenvalue weighted by Gasteiger charge is 2.23. The number of anilines is 1. The maximum absolute atomic E-state index is 13.5. The molecule has 8 heteroatoms. The van der Waals surface area contributed by atoms with Crippen molar-refractivity contribution < 1.29 is 19.1 Å². The first-order valence-electron chi connectivity index (χ1n) is 11.7. The van der Waals surface area contributed by atoms with Crippen LogP contribution in [0.3, 0.4) is 0 Å². The summed E-state index contributed by atoms with van der Waals surface area (Å²) in [5, 5.41) is 4.90. The van der Waals surface area contributed by atoms with E-state index in [4.69, 9.17) is 9.47 Å². The van der Waals surface area contributed by atoms with Crippen molar-refractivity contribution in [3.63, 3.8) is 0 Å². The van der Waals surface area contributed by atoms with E-state index in [2.05, 4.69) is 5.32 Å². The van der Waals surface area contributed by atoms with E-state index in [9.17, 15) is 9.59 Å². The lowest BCUT2D eigenvalue weighted by atomic mass is 10.2. The van der Waals surface area contributed by atoms with Gasteiger partial charge in [-0.3, -0.25) is 4.79 Å². The van der Waals surface area contributed by atoms with Gasteiger partial charge in [0.25, 0.3) is 0 Å². The van der Waals surface area contributed by atoms with Crippen molar-refractivity contribution in [1.29, 1.82) is 0 Å². The number of urea groups is 1. The third kappa shape index (κ3) is 8.42. The van der Waals surface area contributed by atoms with E-state index in [1.165, 1.54) is 0 Å². The molecule has 0 aliphatic heterocycles. The van der Waals surface area contributed by atoms with Gasteiger partial charge in [0, 0.05) is 31.2 Å². The minimum Gasteiger partial charge on any atom is -0.495 e. The quantitative estimate of drug-likeness (QED) is 0.329. The summed E-state index contributed by atoms with van der Waals surface area (Å²) in [7, 11) is 1.56. The molecule has 1 N–H and O–H groups in total. The third-order valence-electron chi connectivity index (χ3n) is 5.38. The molecule has 0 unspecified atom stereocenters. The van der Waals surface area contributed by atoms with Gasteiger partial charge in [-0.05, 0) is 42.5 Å². The van der Waals surface area contributed by atoms with Crippen LogP contribution in [-0.2, 0) is 22.6 Å². The molecule has 0 fully saturated rings. The van der Waals surface area contributed by atoms with Crippen LogP contribution in [-0.4, -0.2) is 55.2 Å². The summed E-state index contributed by atoms with van der Waals surface area (Å²) in [4.78, 5) is 31.2. The van der Waals surface area contributed by atoms with Gasteiger partial charge in [0.2, 0.25) is 5.91 Å². The van der Waals surface area contributed by atoms with Gasteiger partial charge in [0.15, 0.2) is 0 Å². The highest BCUT2D eigenvalue weighted by Crippen LogP contribution is 2.23. The number of amides is 3. The normalized spacial score (nSPS) is 10.6. The Labute approximate surface area is 211 Å². The zero-order valence-corrected chi connectivity index (χ0v) is 21.1. The molecule has 0 atom stereocenters. The van der Waals surface area contributed by atoms with Gasteiger partial charge in [0.1, 0.15) is 12.3 Å². The summed E-state index contributed by atoms with van der Waals surface area (Å²) in [6.07, 6.45) is 0.629. The Hall–Kier alpha value is -3.36. The summed E-state index contributed by atoms with van der Waals surface area (Å²) in [6, 6.07) is 20.7. The zero-order chi connectivity index (χ0) is 24.9. The Kier molecular flexibility index (Phi) is 10.6. The second kappa shape index (κ2) is 14.1. The lowest BCUT2D eigenvalue weighted by molar-refractivity contribution is -0.133. The summed E-state index contributed by atoms with van der Waals surface area (Å²) in [5.41, 5.74) is 1.60. The van der Waals surface area contributed by atoms with E-state index in [0.29, 0.717) is 50.7 Å². The van der Waals surface area contributed by atoms with E-state index in [1.54, 1.807) is 40.4 Å². The van der Waals surface area contributed by atoms with Gasteiger partial charge in [0.05, 0.1) is 19.3 Å².